The maximum absolute atomic E-state index is 5.30. The summed E-state index contributed by atoms with van der Waals surface area (Å²) in [5, 5.41) is 0. The molecule has 0 spiro atoms. The van der Waals surface area contributed by atoms with Crippen molar-refractivity contribution in [1.29, 1.82) is 0 Å². The molecule has 0 aliphatic rings. The molecule has 0 aliphatic carbocycles. The third-order valence-electron chi connectivity index (χ3n) is 1.28. The Morgan fingerprint density at radius 2 is 2.10 bits per heavy atom. The molecule has 1 heterocycles. The summed E-state index contributed by atoms with van der Waals surface area (Å²) < 4.78 is 7.13. The van der Waals surface area contributed by atoms with Crippen molar-refractivity contribution in [3.8, 4) is 0 Å². The molecule has 1 aromatic rings. The van der Waals surface area contributed by atoms with Gasteiger partial charge in [0.05, 0.1) is 0 Å². The van der Waals surface area contributed by atoms with Crippen LogP contribution < -0.4 is 3.78 Å². The first-order valence-electron chi connectivity index (χ1n) is 3.60. The van der Waals surface area contributed by atoms with E-state index in [1.807, 2.05) is 6.07 Å². The molecule has 0 amide bonds. The first-order valence-corrected chi connectivity index (χ1v) is 7.64. The Morgan fingerprint density at radius 3 is 2.50 bits per heavy atom. The van der Waals surface area contributed by atoms with Crippen LogP contribution >= 0.6 is 0 Å². The molecule has 0 aromatic carbocycles. The molecule has 0 saturated heterocycles. The zero-order valence-corrected chi connectivity index (χ0v) is 10.9. The summed E-state index contributed by atoms with van der Waals surface area (Å²) in [4.78, 5) is 0. The standard InChI is InChI=1S/C4H3O.C4H9.Sn.2H/c1-2-4-5-3-1;1-4(2)3;;;/h1-3H;1-3H3;;;. The van der Waals surface area contributed by atoms with Crippen LogP contribution in [0, 0.1) is 0 Å². The van der Waals surface area contributed by atoms with Crippen molar-refractivity contribution >= 4 is 24.9 Å². The van der Waals surface area contributed by atoms with E-state index in [0.29, 0.717) is 3.43 Å². The van der Waals surface area contributed by atoms with E-state index in [2.05, 4.69) is 26.8 Å². The summed E-state index contributed by atoms with van der Waals surface area (Å²) in [6.07, 6.45) is 1.78. The molecule has 0 unspecified atom stereocenters. The van der Waals surface area contributed by atoms with Crippen molar-refractivity contribution in [3.63, 3.8) is 0 Å². The predicted octanol–water partition coefficient (Wildman–Crippen LogP) is 1.29. The molecule has 10 heavy (non-hydrogen) atoms. The van der Waals surface area contributed by atoms with Crippen molar-refractivity contribution in [2.75, 3.05) is 0 Å². The van der Waals surface area contributed by atoms with Crippen LogP contribution in [0.3, 0.4) is 0 Å². The number of rotatable bonds is 1. The van der Waals surface area contributed by atoms with Crippen molar-refractivity contribution in [1.82, 2.24) is 0 Å². The van der Waals surface area contributed by atoms with Crippen molar-refractivity contribution in [2.45, 2.75) is 24.2 Å². The van der Waals surface area contributed by atoms with Crippen LogP contribution in [0.25, 0.3) is 0 Å². The second-order valence-corrected chi connectivity index (χ2v) is 12.9. The van der Waals surface area contributed by atoms with Crippen LogP contribution in [-0.2, 0) is 0 Å². The Labute approximate surface area is 72.0 Å². The van der Waals surface area contributed by atoms with E-state index in [-0.39, 0.29) is 0 Å². The average molecular weight is 245 g/mol. The van der Waals surface area contributed by atoms with Gasteiger partial charge in [-0.15, -0.1) is 0 Å². The number of hydrogen-bond acceptors (Lipinski definition) is 1. The Balaban J connectivity index is 2.57. The molecule has 0 bridgehead atoms. The maximum atomic E-state index is 5.30. The summed E-state index contributed by atoms with van der Waals surface area (Å²) in [7, 11) is 0. The fraction of sp³-hybridized carbons (Fsp3) is 0.500. The van der Waals surface area contributed by atoms with Crippen LogP contribution in [0.15, 0.2) is 22.8 Å². The van der Waals surface area contributed by atoms with E-state index in [0.717, 1.165) is 0 Å². The summed E-state index contributed by atoms with van der Waals surface area (Å²) >= 11 is -0.818. The van der Waals surface area contributed by atoms with Gasteiger partial charge in [-0.1, -0.05) is 0 Å². The Kier molecular flexibility index (Phi) is 2.44. The summed E-state index contributed by atoms with van der Waals surface area (Å²) in [6.45, 7) is 6.89. The van der Waals surface area contributed by atoms with Gasteiger partial charge in [0.15, 0.2) is 0 Å². The normalized spacial score (nSPS) is 13.1. The van der Waals surface area contributed by atoms with Gasteiger partial charge in [0.2, 0.25) is 0 Å². The fourth-order valence-electron chi connectivity index (χ4n) is 0.936. The van der Waals surface area contributed by atoms with E-state index in [1.165, 1.54) is 3.78 Å². The van der Waals surface area contributed by atoms with Gasteiger partial charge < -0.3 is 0 Å². The van der Waals surface area contributed by atoms with E-state index in [1.54, 1.807) is 6.26 Å². The molecule has 0 saturated carbocycles. The van der Waals surface area contributed by atoms with Gasteiger partial charge in [-0.05, 0) is 0 Å². The first kappa shape index (κ1) is 8.18. The van der Waals surface area contributed by atoms with Gasteiger partial charge >= 0.3 is 71.9 Å². The number of furan rings is 1. The zero-order valence-electron chi connectivity index (χ0n) is 6.85. The molecule has 2 heteroatoms. The molecule has 0 radical (unpaired) electrons. The molecular weight excluding hydrogens is 231 g/mol. The van der Waals surface area contributed by atoms with Crippen LogP contribution in [0.4, 0.5) is 0 Å². The topological polar surface area (TPSA) is 13.1 Å². The zero-order chi connectivity index (χ0) is 7.61. The average Bonchev–Trinajstić information content (AvgIpc) is 2.12. The van der Waals surface area contributed by atoms with Crippen molar-refractivity contribution in [3.05, 3.63) is 18.4 Å². The molecule has 0 N–H and O–H groups in total. The molecular formula is C8H14OSn. The van der Waals surface area contributed by atoms with Gasteiger partial charge in [0.25, 0.3) is 0 Å². The van der Waals surface area contributed by atoms with Crippen LogP contribution in [-0.4, -0.2) is 21.1 Å². The second-order valence-electron chi connectivity index (χ2n) is 3.82. The van der Waals surface area contributed by atoms with Gasteiger partial charge in [-0.2, -0.15) is 0 Å². The van der Waals surface area contributed by atoms with Gasteiger partial charge in [0, 0.05) is 0 Å². The summed E-state index contributed by atoms with van der Waals surface area (Å²) in [5.74, 6) is 0. The van der Waals surface area contributed by atoms with Gasteiger partial charge in [-0.25, -0.2) is 0 Å². The van der Waals surface area contributed by atoms with Crippen molar-refractivity contribution < 1.29 is 4.42 Å². The molecule has 1 aromatic heterocycles. The molecule has 0 fully saturated rings. The van der Waals surface area contributed by atoms with E-state index in [9.17, 15) is 0 Å². The molecule has 1 nitrogen and oxygen atoms in total. The van der Waals surface area contributed by atoms with E-state index >= 15 is 0 Å². The SMILES string of the molecule is C[C](C)(C)[SnH2][c]1ccco1. The van der Waals surface area contributed by atoms with Crippen LogP contribution in [0.5, 0.6) is 0 Å². The van der Waals surface area contributed by atoms with E-state index in [4.69, 9.17) is 4.42 Å². The Hall–Kier alpha value is 0.0787. The Morgan fingerprint density at radius 1 is 1.40 bits per heavy atom. The monoisotopic (exact) mass is 246 g/mol. The minimum absolute atomic E-state index is 0.541. The van der Waals surface area contributed by atoms with E-state index < -0.39 is 21.1 Å². The minimum atomic E-state index is -0.818. The van der Waals surface area contributed by atoms with Crippen molar-refractivity contribution in [2.24, 2.45) is 0 Å². The summed E-state index contributed by atoms with van der Waals surface area (Å²) in [6, 6.07) is 4.10. The molecule has 1 rings (SSSR count). The summed E-state index contributed by atoms with van der Waals surface area (Å²) in [5.41, 5.74) is 0. The molecule has 56 valence electrons. The second kappa shape index (κ2) is 2.99. The van der Waals surface area contributed by atoms with Gasteiger partial charge in [-0.3, -0.25) is 0 Å². The molecule has 0 aliphatic heterocycles. The predicted molar refractivity (Wildman–Crippen MR) is 46.6 cm³/mol. The van der Waals surface area contributed by atoms with Crippen LogP contribution in [0.2, 0.25) is 3.43 Å². The molecule has 0 atom stereocenters. The Bertz CT molecular complexity index is 184. The third kappa shape index (κ3) is 2.77. The number of hydrogen-bond donors (Lipinski definition) is 0. The third-order valence-corrected chi connectivity index (χ3v) is 6.45. The van der Waals surface area contributed by atoms with Gasteiger partial charge in [0.1, 0.15) is 0 Å². The first-order chi connectivity index (χ1) is 4.58. The van der Waals surface area contributed by atoms with Crippen LogP contribution in [0.1, 0.15) is 20.8 Å². The fourth-order valence-corrected chi connectivity index (χ4v) is 5.16. The quantitative estimate of drug-likeness (QED) is 0.679.